The van der Waals surface area contributed by atoms with Gasteiger partial charge in [0, 0.05) is 37.1 Å². The highest BCUT2D eigenvalue weighted by atomic mass is 19.4. The van der Waals surface area contributed by atoms with Crippen molar-refractivity contribution in [1.29, 1.82) is 0 Å². The second kappa shape index (κ2) is 9.27. The fraction of sp³-hybridized carbons (Fsp3) is 0.450. The van der Waals surface area contributed by atoms with Gasteiger partial charge in [-0.1, -0.05) is 13.0 Å². The van der Waals surface area contributed by atoms with Gasteiger partial charge in [0.25, 0.3) is 5.91 Å². The third-order valence-corrected chi connectivity index (χ3v) is 4.98. The Bertz CT molecular complexity index is 952. The number of likely N-dealkylation sites (N-methyl/N-ethyl adjacent to an activating group) is 1. The second-order valence-corrected chi connectivity index (χ2v) is 7.34. The molecule has 0 radical (unpaired) electrons. The van der Waals surface area contributed by atoms with Crippen LogP contribution in [0.5, 0.6) is 0 Å². The molecule has 11 heteroatoms. The Kier molecular flexibility index (Phi) is 6.71. The minimum Gasteiger partial charge on any atom is -0.352 e. The first kappa shape index (κ1) is 22.4. The number of alkyl halides is 3. The van der Waals surface area contributed by atoms with E-state index in [2.05, 4.69) is 25.5 Å². The van der Waals surface area contributed by atoms with Gasteiger partial charge in [-0.05, 0) is 32.3 Å². The molecule has 0 fully saturated rings. The van der Waals surface area contributed by atoms with E-state index in [0.29, 0.717) is 24.2 Å². The molecule has 166 valence electrons. The zero-order valence-electron chi connectivity index (χ0n) is 17.5. The van der Waals surface area contributed by atoms with Crippen molar-refractivity contribution in [2.24, 2.45) is 5.92 Å². The molecule has 0 bridgehead atoms. The lowest BCUT2D eigenvalue weighted by molar-refractivity contribution is -0.138. The molecular formula is C20H24F3N7O. The number of halogens is 3. The maximum Gasteiger partial charge on any atom is 0.419 e. The van der Waals surface area contributed by atoms with E-state index >= 15 is 0 Å². The van der Waals surface area contributed by atoms with Crippen LogP contribution in [-0.4, -0.2) is 54.9 Å². The molecular weight excluding hydrogens is 411 g/mol. The predicted molar refractivity (Wildman–Crippen MR) is 109 cm³/mol. The molecule has 2 aromatic heterocycles. The van der Waals surface area contributed by atoms with Gasteiger partial charge < -0.3 is 10.2 Å². The summed E-state index contributed by atoms with van der Waals surface area (Å²) in [6.45, 7) is 6.49. The van der Waals surface area contributed by atoms with Gasteiger partial charge >= 0.3 is 6.18 Å². The van der Waals surface area contributed by atoms with Crippen molar-refractivity contribution < 1.29 is 18.0 Å². The molecule has 1 amide bonds. The summed E-state index contributed by atoms with van der Waals surface area (Å²) in [5.41, 5.74) is 0.339. The largest absolute Gasteiger partial charge is 0.419 e. The van der Waals surface area contributed by atoms with Gasteiger partial charge in [-0.15, -0.1) is 0 Å². The first-order chi connectivity index (χ1) is 14.7. The van der Waals surface area contributed by atoms with Crippen LogP contribution in [0.4, 0.5) is 19.1 Å². The summed E-state index contributed by atoms with van der Waals surface area (Å²) in [5, 5.41) is 11.2. The average molecular weight is 435 g/mol. The van der Waals surface area contributed by atoms with Gasteiger partial charge in [-0.2, -0.15) is 28.2 Å². The van der Waals surface area contributed by atoms with Crippen LogP contribution in [-0.2, 0) is 11.0 Å². The van der Waals surface area contributed by atoms with E-state index in [9.17, 15) is 18.0 Å². The van der Waals surface area contributed by atoms with Gasteiger partial charge in [0.15, 0.2) is 0 Å². The number of aromatic nitrogens is 5. The Morgan fingerprint density at radius 3 is 2.52 bits per heavy atom. The summed E-state index contributed by atoms with van der Waals surface area (Å²) < 4.78 is 37.9. The number of anilines is 1. The summed E-state index contributed by atoms with van der Waals surface area (Å²) in [5.74, 6) is 0.137. The monoisotopic (exact) mass is 435 g/mol. The van der Waals surface area contributed by atoms with Gasteiger partial charge in [0.05, 0.1) is 23.7 Å². The number of hydrogen-bond acceptors (Lipinski definition) is 6. The van der Waals surface area contributed by atoms with Crippen molar-refractivity contribution in [3.05, 3.63) is 48.1 Å². The third-order valence-electron chi connectivity index (χ3n) is 4.98. The van der Waals surface area contributed by atoms with Crippen LogP contribution < -0.4 is 5.32 Å². The average Bonchev–Trinajstić information content (AvgIpc) is 3.27. The fourth-order valence-electron chi connectivity index (χ4n) is 3.32. The van der Waals surface area contributed by atoms with Gasteiger partial charge in [-0.25, -0.2) is 9.97 Å². The highest BCUT2D eigenvalue weighted by Crippen LogP contribution is 2.29. The molecule has 2 heterocycles. The van der Waals surface area contributed by atoms with Gasteiger partial charge in [-0.3, -0.25) is 4.79 Å². The molecule has 0 saturated carbocycles. The lowest BCUT2D eigenvalue weighted by Crippen LogP contribution is -2.43. The lowest BCUT2D eigenvalue weighted by Gasteiger charge is -2.31. The summed E-state index contributed by atoms with van der Waals surface area (Å²) in [6, 6.07) is -0.260. The maximum atomic E-state index is 13.4. The van der Waals surface area contributed by atoms with Crippen LogP contribution in [0.2, 0.25) is 0 Å². The number of nitrogens with zero attached hydrogens (tertiary/aromatic N) is 6. The number of carbonyl (C=O) groups excluding carboxylic acids is 1. The number of allylic oxidation sites excluding steroid dienone is 3. The van der Waals surface area contributed by atoms with E-state index in [1.807, 2.05) is 32.9 Å². The third kappa shape index (κ3) is 5.28. The molecule has 0 saturated heterocycles. The Morgan fingerprint density at radius 2 is 1.94 bits per heavy atom. The number of hydrogen-bond donors (Lipinski definition) is 1. The zero-order chi connectivity index (χ0) is 22.6. The number of nitrogens with one attached hydrogen (secondary N) is 1. The topological polar surface area (TPSA) is 88.8 Å². The molecule has 2 aromatic rings. The first-order valence-electron chi connectivity index (χ1n) is 9.92. The van der Waals surface area contributed by atoms with Crippen molar-refractivity contribution >= 4 is 17.6 Å². The van der Waals surface area contributed by atoms with Crippen LogP contribution in [0.1, 0.15) is 32.8 Å². The van der Waals surface area contributed by atoms with E-state index < -0.39 is 11.7 Å². The van der Waals surface area contributed by atoms with E-state index in [0.717, 1.165) is 12.4 Å². The minimum absolute atomic E-state index is 0.0678. The standard InChI is InChI=1S/C20H24F3N7O/c1-4-29(14(3)10-24-19-25-11-15(12-26-19)20(21,22)23)18(31)16-9-13(2)5-6-17(16)30-27-7-8-28-30/h5-8,11-14H,4,9-10H2,1-3H3,(H,24,25,26)/t13?,14-/m0/s1. The molecule has 2 atom stereocenters. The molecule has 1 aliphatic rings. The number of rotatable bonds is 7. The van der Waals surface area contributed by atoms with Crippen molar-refractivity contribution in [2.45, 2.75) is 39.4 Å². The fourth-order valence-corrected chi connectivity index (χ4v) is 3.32. The van der Waals surface area contributed by atoms with Crippen LogP contribution >= 0.6 is 0 Å². The van der Waals surface area contributed by atoms with Crippen LogP contribution in [0.15, 0.2) is 42.5 Å². The van der Waals surface area contributed by atoms with Crippen molar-refractivity contribution in [1.82, 2.24) is 29.9 Å². The normalized spacial score (nSPS) is 17.5. The quantitative estimate of drug-likeness (QED) is 0.718. The molecule has 0 spiro atoms. The molecule has 0 aliphatic heterocycles. The molecule has 0 aromatic carbocycles. The highest BCUT2D eigenvalue weighted by molar-refractivity contribution is 6.00. The van der Waals surface area contributed by atoms with Crippen molar-refractivity contribution in [3.63, 3.8) is 0 Å². The van der Waals surface area contributed by atoms with E-state index in [1.54, 1.807) is 17.3 Å². The molecule has 1 aliphatic carbocycles. The molecule has 1 N–H and O–H groups in total. The molecule has 1 unspecified atom stereocenters. The lowest BCUT2D eigenvalue weighted by atomic mass is 9.92. The number of amides is 1. The Morgan fingerprint density at radius 1 is 1.29 bits per heavy atom. The molecule has 31 heavy (non-hydrogen) atoms. The summed E-state index contributed by atoms with van der Waals surface area (Å²) in [6.07, 6.45) is 4.50. The van der Waals surface area contributed by atoms with Gasteiger partial charge in [0.1, 0.15) is 0 Å². The Labute approximate surface area is 177 Å². The second-order valence-electron chi connectivity index (χ2n) is 7.34. The predicted octanol–water partition coefficient (Wildman–Crippen LogP) is 3.24. The molecule has 8 nitrogen and oxygen atoms in total. The van der Waals surface area contributed by atoms with Crippen LogP contribution in [0.25, 0.3) is 5.70 Å². The summed E-state index contributed by atoms with van der Waals surface area (Å²) >= 11 is 0. The zero-order valence-corrected chi connectivity index (χ0v) is 17.5. The summed E-state index contributed by atoms with van der Waals surface area (Å²) in [4.78, 5) is 23.9. The SMILES string of the molecule is CCN(C(=O)C1=C(n2nccn2)C=CC(C)C1)[C@@H](C)CNc1ncc(C(F)(F)F)cn1. The minimum atomic E-state index is -4.49. The highest BCUT2D eigenvalue weighted by Gasteiger charge is 2.31. The Balaban J connectivity index is 1.73. The Hall–Kier alpha value is -3.24. The van der Waals surface area contributed by atoms with Crippen LogP contribution in [0.3, 0.4) is 0 Å². The van der Waals surface area contributed by atoms with Crippen LogP contribution in [0, 0.1) is 5.92 Å². The van der Waals surface area contributed by atoms with E-state index in [4.69, 9.17) is 0 Å². The summed E-state index contributed by atoms with van der Waals surface area (Å²) in [7, 11) is 0. The number of carbonyl (C=O) groups is 1. The smallest absolute Gasteiger partial charge is 0.352 e. The van der Waals surface area contributed by atoms with E-state index in [-0.39, 0.29) is 30.4 Å². The van der Waals surface area contributed by atoms with Crippen molar-refractivity contribution in [2.75, 3.05) is 18.4 Å². The van der Waals surface area contributed by atoms with Crippen molar-refractivity contribution in [3.8, 4) is 0 Å². The first-order valence-corrected chi connectivity index (χ1v) is 9.92. The van der Waals surface area contributed by atoms with E-state index in [1.165, 1.54) is 4.80 Å². The molecule has 3 rings (SSSR count). The maximum absolute atomic E-state index is 13.4. The van der Waals surface area contributed by atoms with Gasteiger partial charge in [0.2, 0.25) is 5.95 Å².